The van der Waals surface area contributed by atoms with Gasteiger partial charge in [-0.15, -0.1) is 11.3 Å². The van der Waals surface area contributed by atoms with Crippen molar-refractivity contribution in [2.24, 2.45) is 11.7 Å². The summed E-state index contributed by atoms with van der Waals surface area (Å²) in [5.41, 5.74) is 7.75. The molecule has 0 spiro atoms. The van der Waals surface area contributed by atoms with Gasteiger partial charge in [0, 0.05) is 36.1 Å². The molecule has 3 aromatic rings. The standard InChI is InChI=1S/C19H20N4O3S/c1-26-14-4-2-12(3-5-14)15-10-23-16(11-27-19(23)21-15)18(25)22-8-6-13(7-9-22)17(20)24/h2-5,10-11,13H,6-9H2,1H3,(H2,20,24). The van der Waals surface area contributed by atoms with Crippen LogP contribution in [0.4, 0.5) is 0 Å². The summed E-state index contributed by atoms with van der Waals surface area (Å²) in [6.07, 6.45) is 3.13. The average Bonchev–Trinajstić information content (AvgIpc) is 3.28. The fourth-order valence-corrected chi connectivity index (χ4v) is 4.21. The van der Waals surface area contributed by atoms with E-state index in [4.69, 9.17) is 10.5 Å². The third-order valence-electron chi connectivity index (χ3n) is 5.00. The lowest BCUT2D eigenvalue weighted by Crippen LogP contribution is -2.42. The molecule has 0 saturated carbocycles. The maximum Gasteiger partial charge on any atom is 0.271 e. The van der Waals surface area contributed by atoms with Gasteiger partial charge < -0.3 is 15.4 Å². The van der Waals surface area contributed by atoms with E-state index in [0.717, 1.165) is 22.0 Å². The Labute approximate surface area is 160 Å². The third-order valence-corrected chi connectivity index (χ3v) is 5.84. The van der Waals surface area contributed by atoms with Crippen LogP contribution in [0.1, 0.15) is 23.3 Å². The number of hydrogen-bond donors (Lipinski definition) is 1. The van der Waals surface area contributed by atoms with E-state index in [1.807, 2.05) is 40.2 Å². The molecule has 0 radical (unpaired) electrons. The van der Waals surface area contributed by atoms with Crippen molar-refractivity contribution in [3.63, 3.8) is 0 Å². The van der Waals surface area contributed by atoms with Crippen molar-refractivity contribution in [1.82, 2.24) is 14.3 Å². The van der Waals surface area contributed by atoms with Gasteiger partial charge in [-0.3, -0.25) is 14.0 Å². The smallest absolute Gasteiger partial charge is 0.271 e. The quantitative estimate of drug-likeness (QED) is 0.748. The van der Waals surface area contributed by atoms with E-state index in [1.165, 1.54) is 11.3 Å². The molecule has 0 atom stereocenters. The minimum atomic E-state index is -0.279. The summed E-state index contributed by atoms with van der Waals surface area (Å²) >= 11 is 1.44. The van der Waals surface area contributed by atoms with Crippen LogP contribution in [0.2, 0.25) is 0 Å². The van der Waals surface area contributed by atoms with Crippen molar-refractivity contribution in [3.05, 3.63) is 41.5 Å². The predicted octanol–water partition coefficient (Wildman–Crippen LogP) is 2.41. The van der Waals surface area contributed by atoms with E-state index in [1.54, 1.807) is 12.0 Å². The summed E-state index contributed by atoms with van der Waals surface area (Å²) in [7, 11) is 1.63. The zero-order valence-electron chi connectivity index (χ0n) is 14.9. The Morgan fingerprint density at radius 1 is 1.22 bits per heavy atom. The number of rotatable bonds is 4. The number of piperidine rings is 1. The topological polar surface area (TPSA) is 89.9 Å². The van der Waals surface area contributed by atoms with Crippen LogP contribution in [0.15, 0.2) is 35.8 Å². The van der Waals surface area contributed by atoms with E-state index in [2.05, 4.69) is 4.98 Å². The number of ether oxygens (including phenoxy) is 1. The van der Waals surface area contributed by atoms with Crippen LogP contribution in [0.25, 0.3) is 16.2 Å². The zero-order chi connectivity index (χ0) is 19.0. The summed E-state index contributed by atoms with van der Waals surface area (Å²) in [5, 5.41) is 1.84. The van der Waals surface area contributed by atoms with Gasteiger partial charge in [-0.1, -0.05) is 0 Å². The monoisotopic (exact) mass is 384 g/mol. The SMILES string of the molecule is COc1ccc(-c2cn3c(C(=O)N4CCC(C(N)=O)CC4)csc3n2)cc1. The lowest BCUT2D eigenvalue weighted by Gasteiger charge is -2.30. The number of primary amides is 1. The molecular formula is C19H20N4O3S. The number of hydrogen-bond acceptors (Lipinski definition) is 5. The molecule has 2 aromatic heterocycles. The van der Waals surface area contributed by atoms with Crippen LogP contribution in [0, 0.1) is 5.92 Å². The lowest BCUT2D eigenvalue weighted by atomic mass is 9.96. The molecule has 1 saturated heterocycles. The van der Waals surface area contributed by atoms with Crippen LogP contribution in [0.3, 0.4) is 0 Å². The van der Waals surface area contributed by atoms with Gasteiger partial charge in [0.05, 0.1) is 12.8 Å². The van der Waals surface area contributed by atoms with E-state index in [9.17, 15) is 9.59 Å². The third kappa shape index (κ3) is 3.28. The molecule has 1 aliphatic heterocycles. The first-order valence-corrected chi connectivity index (χ1v) is 9.64. The normalized spacial score (nSPS) is 15.2. The molecule has 3 heterocycles. The number of imidazole rings is 1. The summed E-state index contributed by atoms with van der Waals surface area (Å²) in [4.78, 5) is 31.4. The average molecular weight is 384 g/mol. The number of nitrogens with two attached hydrogens (primary N) is 1. The number of benzene rings is 1. The molecule has 4 rings (SSSR count). The number of carbonyl (C=O) groups excluding carboxylic acids is 2. The molecule has 2 amide bonds. The first-order chi connectivity index (χ1) is 13.1. The van der Waals surface area contributed by atoms with Crippen molar-refractivity contribution < 1.29 is 14.3 Å². The van der Waals surface area contributed by atoms with Gasteiger partial charge in [0.25, 0.3) is 5.91 Å². The molecule has 1 fully saturated rings. The molecule has 2 N–H and O–H groups in total. The van der Waals surface area contributed by atoms with Crippen molar-refractivity contribution in [2.45, 2.75) is 12.8 Å². The Balaban J connectivity index is 1.57. The van der Waals surface area contributed by atoms with E-state index in [0.29, 0.717) is 31.6 Å². The van der Waals surface area contributed by atoms with Crippen LogP contribution in [-0.4, -0.2) is 46.3 Å². The predicted molar refractivity (Wildman–Crippen MR) is 103 cm³/mol. The Morgan fingerprint density at radius 3 is 2.56 bits per heavy atom. The van der Waals surface area contributed by atoms with Gasteiger partial charge in [0.2, 0.25) is 5.91 Å². The Bertz CT molecular complexity index is 984. The van der Waals surface area contributed by atoms with Crippen molar-refractivity contribution in [3.8, 4) is 17.0 Å². The number of aromatic nitrogens is 2. The molecule has 0 bridgehead atoms. The van der Waals surface area contributed by atoms with Gasteiger partial charge in [0.1, 0.15) is 11.4 Å². The Hall–Kier alpha value is -2.87. The highest BCUT2D eigenvalue weighted by Crippen LogP contribution is 2.27. The van der Waals surface area contributed by atoms with E-state index >= 15 is 0 Å². The minimum Gasteiger partial charge on any atom is -0.497 e. The van der Waals surface area contributed by atoms with Gasteiger partial charge >= 0.3 is 0 Å². The van der Waals surface area contributed by atoms with Crippen LogP contribution < -0.4 is 10.5 Å². The molecule has 7 nitrogen and oxygen atoms in total. The van der Waals surface area contributed by atoms with Crippen molar-refractivity contribution >= 4 is 28.1 Å². The first kappa shape index (κ1) is 17.5. The first-order valence-electron chi connectivity index (χ1n) is 8.76. The number of likely N-dealkylation sites (tertiary alicyclic amines) is 1. The molecule has 0 unspecified atom stereocenters. The van der Waals surface area contributed by atoms with Crippen LogP contribution in [-0.2, 0) is 4.79 Å². The number of fused-ring (bicyclic) bond motifs is 1. The van der Waals surface area contributed by atoms with Gasteiger partial charge in [-0.05, 0) is 37.1 Å². The molecule has 1 aliphatic rings. The molecule has 1 aromatic carbocycles. The number of amides is 2. The number of carbonyl (C=O) groups is 2. The van der Waals surface area contributed by atoms with Crippen LogP contribution >= 0.6 is 11.3 Å². The minimum absolute atomic E-state index is 0.0390. The molecule has 0 aliphatic carbocycles. The summed E-state index contributed by atoms with van der Waals surface area (Å²) in [6.45, 7) is 1.09. The molecular weight excluding hydrogens is 364 g/mol. The number of methoxy groups -OCH3 is 1. The number of nitrogens with zero attached hydrogens (tertiary/aromatic N) is 3. The van der Waals surface area contributed by atoms with Crippen molar-refractivity contribution in [2.75, 3.05) is 20.2 Å². The van der Waals surface area contributed by atoms with Gasteiger partial charge in [0.15, 0.2) is 4.96 Å². The summed E-state index contributed by atoms with van der Waals surface area (Å²) in [6, 6.07) is 7.66. The zero-order valence-corrected chi connectivity index (χ0v) is 15.7. The number of thiazole rings is 1. The largest absolute Gasteiger partial charge is 0.497 e. The van der Waals surface area contributed by atoms with E-state index in [-0.39, 0.29) is 17.7 Å². The second kappa shape index (κ2) is 7.03. The fourth-order valence-electron chi connectivity index (χ4n) is 3.37. The fraction of sp³-hybridized carbons (Fsp3) is 0.316. The lowest BCUT2D eigenvalue weighted by molar-refractivity contribution is -0.123. The maximum atomic E-state index is 12.9. The van der Waals surface area contributed by atoms with Gasteiger partial charge in [-0.25, -0.2) is 4.98 Å². The van der Waals surface area contributed by atoms with Crippen LogP contribution in [0.5, 0.6) is 5.75 Å². The highest BCUT2D eigenvalue weighted by Gasteiger charge is 2.28. The highest BCUT2D eigenvalue weighted by molar-refractivity contribution is 7.15. The summed E-state index contributed by atoms with van der Waals surface area (Å²) in [5.74, 6) is 0.336. The van der Waals surface area contributed by atoms with Crippen molar-refractivity contribution in [1.29, 1.82) is 0 Å². The Morgan fingerprint density at radius 2 is 1.93 bits per heavy atom. The second-order valence-electron chi connectivity index (χ2n) is 6.60. The second-order valence-corrected chi connectivity index (χ2v) is 7.43. The molecule has 27 heavy (non-hydrogen) atoms. The summed E-state index contributed by atoms with van der Waals surface area (Å²) < 4.78 is 7.03. The van der Waals surface area contributed by atoms with E-state index < -0.39 is 0 Å². The molecule has 140 valence electrons. The highest BCUT2D eigenvalue weighted by atomic mass is 32.1. The molecule has 8 heteroatoms. The van der Waals surface area contributed by atoms with Gasteiger partial charge in [-0.2, -0.15) is 0 Å². The Kier molecular flexibility index (Phi) is 4.57. The maximum absolute atomic E-state index is 12.9.